The number of aromatic nitrogens is 2. The molecule has 114 valence electrons. The van der Waals surface area contributed by atoms with Crippen LogP contribution >= 0.6 is 0 Å². The van der Waals surface area contributed by atoms with E-state index < -0.39 is 0 Å². The number of para-hydroxylation sites is 2. The van der Waals surface area contributed by atoms with Gasteiger partial charge in [-0.05, 0) is 39.8 Å². The first kappa shape index (κ1) is 15.5. The van der Waals surface area contributed by atoms with E-state index >= 15 is 0 Å². The molecule has 1 aromatic heterocycles. The minimum absolute atomic E-state index is 0.0473. The predicted molar refractivity (Wildman–Crippen MR) is 83.1 cm³/mol. The van der Waals surface area contributed by atoms with Gasteiger partial charge in [-0.25, -0.2) is 4.98 Å². The van der Waals surface area contributed by atoms with Crippen LogP contribution in [-0.4, -0.2) is 28.7 Å². The highest BCUT2D eigenvalue weighted by Gasteiger charge is 2.22. The highest BCUT2D eigenvalue weighted by molar-refractivity contribution is 5.76. The van der Waals surface area contributed by atoms with Gasteiger partial charge in [0.2, 0.25) is 0 Å². The minimum atomic E-state index is -0.370. The third-order valence-electron chi connectivity index (χ3n) is 3.58. The number of fused-ring (bicyclic) bond motifs is 1. The fourth-order valence-electron chi connectivity index (χ4n) is 2.61. The SMILES string of the molecule is COC(=O)[C@H](C)N[C@@H](C)c1nc2ccccc2n1C(C)C. The van der Waals surface area contributed by atoms with Crippen molar-refractivity contribution in [2.75, 3.05) is 7.11 Å². The van der Waals surface area contributed by atoms with Crippen molar-refractivity contribution < 1.29 is 9.53 Å². The summed E-state index contributed by atoms with van der Waals surface area (Å²) in [4.78, 5) is 16.3. The third kappa shape index (κ3) is 3.08. The molecule has 5 nitrogen and oxygen atoms in total. The van der Waals surface area contributed by atoms with Crippen LogP contribution in [0.5, 0.6) is 0 Å². The molecule has 0 aliphatic heterocycles. The van der Waals surface area contributed by atoms with Gasteiger partial charge in [0.25, 0.3) is 0 Å². The molecule has 2 aromatic rings. The summed E-state index contributed by atoms with van der Waals surface area (Å²) in [6, 6.07) is 7.96. The molecule has 0 unspecified atom stereocenters. The molecule has 0 saturated carbocycles. The summed E-state index contributed by atoms with van der Waals surface area (Å²) in [5.74, 6) is 0.663. The van der Waals surface area contributed by atoms with Gasteiger partial charge in [-0.2, -0.15) is 0 Å². The average molecular weight is 289 g/mol. The Kier molecular flexibility index (Phi) is 4.63. The molecule has 2 atom stereocenters. The summed E-state index contributed by atoms with van der Waals surface area (Å²) in [6.45, 7) is 8.08. The lowest BCUT2D eigenvalue weighted by Crippen LogP contribution is -2.37. The molecule has 5 heteroatoms. The summed E-state index contributed by atoms with van der Waals surface area (Å²) >= 11 is 0. The van der Waals surface area contributed by atoms with Crippen molar-refractivity contribution >= 4 is 17.0 Å². The van der Waals surface area contributed by atoms with Crippen molar-refractivity contribution in [3.8, 4) is 0 Å². The van der Waals surface area contributed by atoms with E-state index in [0.29, 0.717) is 6.04 Å². The van der Waals surface area contributed by atoms with Crippen molar-refractivity contribution in [2.45, 2.75) is 45.8 Å². The number of nitrogens with one attached hydrogen (secondary N) is 1. The first-order valence-electron chi connectivity index (χ1n) is 7.26. The van der Waals surface area contributed by atoms with Gasteiger partial charge in [0.1, 0.15) is 11.9 Å². The molecular formula is C16H23N3O2. The topological polar surface area (TPSA) is 56.1 Å². The van der Waals surface area contributed by atoms with Crippen molar-refractivity contribution in [3.05, 3.63) is 30.1 Å². The van der Waals surface area contributed by atoms with Crippen LogP contribution in [0.1, 0.15) is 45.6 Å². The van der Waals surface area contributed by atoms with Crippen LogP contribution in [0, 0.1) is 0 Å². The molecule has 0 radical (unpaired) electrons. The van der Waals surface area contributed by atoms with Crippen LogP contribution in [0.15, 0.2) is 24.3 Å². The maximum atomic E-state index is 11.6. The van der Waals surface area contributed by atoms with E-state index in [1.165, 1.54) is 7.11 Å². The van der Waals surface area contributed by atoms with E-state index in [1.807, 2.05) is 25.1 Å². The van der Waals surface area contributed by atoms with Gasteiger partial charge in [-0.15, -0.1) is 0 Å². The molecule has 1 N–H and O–H groups in total. The maximum Gasteiger partial charge on any atom is 0.322 e. The molecule has 2 rings (SSSR count). The Hall–Kier alpha value is -1.88. The van der Waals surface area contributed by atoms with Gasteiger partial charge >= 0.3 is 5.97 Å². The summed E-state index contributed by atoms with van der Waals surface area (Å²) < 4.78 is 6.96. The number of carbonyl (C=O) groups is 1. The number of imidazole rings is 1. The largest absolute Gasteiger partial charge is 0.468 e. The first-order chi connectivity index (χ1) is 9.95. The lowest BCUT2D eigenvalue weighted by molar-refractivity contribution is -0.142. The van der Waals surface area contributed by atoms with E-state index in [-0.39, 0.29) is 18.1 Å². The Morgan fingerprint density at radius 2 is 1.90 bits per heavy atom. The second-order valence-electron chi connectivity index (χ2n) is 5.56. The van der Waals surface area contributed by atoms with E-state index in [9.17, 15) is 4.79 Å². The maximum absolute atomic E-state index is 11.6. The lowest BCUT2D eigenvalue weighted by atomic mass is 10.2. The van der Waals surface area contributed by atoms with E-state index in [1.54, 1.807) is 6.92 Å². The quantitative estimate of drug-likeness (QED) is 0.860. The lowest BCUT2D eigenvalue weighted by Gasteiger charge is -2.21. The van der Waals surface area contributed by atoms with Gasteiger partial charge in [-0.3, -0.25) is 10.1 Å². The number of hydrogen-bond acceptors (Lipinski definition) is 4. The monoisotopic (exact) mass is 289 g/mol. The van der Waals surface area contributed by atoms with Crippen LogP contribution in [0.3, 0.4) is 0 Å². The molecule has 0 spiro atoms. The van der Waals surface area contributed by atoms with Crippen molar-refractivity contribution in [3.63, 3.8) is 0 Å². The summed E-state index contributed by atoms with van der Waals surface area (Å²) in [5, 5.41) is 3.25. The molecule has 0 bridgehead atoms. The van der Waals surface area contributed by atoms with Crippen LogP contribution < -0.4 is 5.32 Å². The fourth-order valence-corrected chi connectivity index (χ4v) is 2.61. The fraction of sp³-hybridized carbons (Fsp3) is 0.500. The van der Waals surface area contributed by atoms with Gasteiger partial charge in [0.15, 0.2) is 0 Å². The van der Waals surface area contributed by atoms with Crippen LogP contribution in [0.25, 0.3) is 11.0 Å². The molecule has 1 aromatic carbocycles. The third-order valence-corrected chi connectivity index (χ3v) is 3.58. The number of rotatable bonds is 5. The highest BCUT2D eigenvalue weighted by Crippen LogP contribution is 2.25. The van der Waals surface area contributed by atoms with Crippen molar-refractivity contribution in [1.82, 2.24) is 14.9 Å². The number of benzene rings is 1. The predicted octanol–water partition coefficient (Wildman–Crippen LogP) is 2.83. The second kappa shape index (κ2) is 6.26. The van der Waals surface area contributed by atoms with E-state index in [0.717, 1.165) is 16.9 Å². The van der Waals surface area contributed by atoms with Crippen molar-refractivity contribution in [2.24, 2.45) is 0 Å². The van der Waals surface area contributed by atoms with E-state index in [4.69, 9.17) is 9.72 Å². The van der Waals surface area contributed by atoms with Gasteiger partial charge in [-0.1, -0.05) is 12.1 Å². The first-order valence-corrected chi connectivity index (χ1v) is 7.26. The second-order valence-corrected chi connectivity index (χ2v) is 5.56. The molecule has 1 heterocycles. The van der Waals surface area contributed by atoms with Gasteiger partial charge < -0.3 is 9.30 Å². The molecule has 21 heavy (non-hydrogen) atoms. The zero-order valence-corrected chi connectivity index (χ0v) is 13.3. The van der Waals surface area contributed by atoms with E-state index in [2.05, 4.69) is 29.8 Å². The Bertz CT molecular complexity index is 633. The number of carbonyl (C=O) groups excluding carboxylic acids is 1. The van der Waals surface area contributed by atoms with Gasteiger partial charge in [0, 0.05) is 6.04 Å². The van der Waals surface area contributed by atoms with Crippen LogP contribution in [0.4, 0.5) is 0 Å². The zero-order valence-electron chi connectivity index (χ0n) is 13.3. The molecule has 0 fully saturated rings. The van der Waals surface area contributed by atoms with Crippen molar-refractivity contribution in [1.29, 1.82) is 0 Å². The Balaban J connectivity index is 2.36. The number of hydrogen-bond donors (Lipinski definition) is 1. The minimum Gasteiger partial charge on any atom is -0.468 e. The molecule has 0 saturated heterocycles. The normalized spacial score (nSPS) is 14.4. The molecular weight excluding hydrogens is 266 g/mol. The number of methoxy groups -OCH3 is 1. The average Bonchev–Trinajstić information content (AvgIpc) is 2.85. The summed E-state index contributed by atoms with van der Waals surface area (Å²) in [5.41, 5.74) is 2.09. The summed E-state index contributed by atoms with van der Waals surface area (Å²) in [6.07, 6.45) is 0. The van der Waals surface area contributed by atoms with Gasteiger partial charge in [0.05, 0.1) is 24.2 Å². The zero-order chi connectivity index (χ0) is 15.6. The highest BCUT2D eigenvalue weighted by atomic mass is 16.5. The molecule has 0 amide bonds. The number of ether oxygens (including phenoxy) is 1. The van der Waals surface area contributed by atoms with Crippen LogP contribution in [-0.2, 0) is 9.53 Å². The summed E-state index contributed by atoms with van der Waals surface area (Å²) in [7, 11) is 1.40. The standard InChI is InChI=1S/C16H23N3O2/c1-10(2)19-14-9-7-6-8-13(14)18-15(19)11(3)17-12(4)16(20)21-5/h6-12,17H,1-5H3/t11-,12-/m0/s1. The molecule has 0 aliphatic rings. The smallest absolute Gasteiger partial charge is 0.322 e. The molecule has 0 aliphatic carbocycles. The van der Waals surface area contributed by atoms with Crippen LogP contribution in [0.2, 0.25) is 0 Å². The Morgan fingerprint density at radius 3 is 2.52 bits per heavy atom. The Labute approximate surface area is 125 Å². The Morgan fingerprint density at radius 1 is 1.24 bits per heavy atom. The number of nitrogens with zero attached hydrogens (tertiary/aromatic N) is 2. The number of esters is 1.